The predicted octanol–water partition coefficient (Wildman–Crippen LogP) is 1.67. The highest BCUT2D eigenvalue weighted by Gasteiger charge is 2.26. The number of hydrogen-bond acceptors (Lipinski definition) is 2. The fraction of sp³-hybridized carbons (Fsp3) is 0.700. The Morgan fingerprint density at radius 1 is 1.62 bits per heavy atom. The van der Waals surface area contributed by atoms with E-state index >= 15 is 0 Å². The van der Waals surface area contributed by atoms with Crippen molar-refractivity contribution >= 4 is 0 Å². The van der Waals surface area contributed by atoms with E-state index in [1.165, 1.54) is 24.1 Å². The lowest BCUT2D eigenvalue weighted by atomic mass is 10.2. The summed E-state index contributed by atoms with van der Waals surface area (Å²) in [6.07, 6.45) is 4.41. The van der Waals surface area contributed by atoms with Crippen LogP contribution >= 0.6 is 0 Å². The van der Waals surface area contributed by atoms with Crippen LogP contribution in [-0.4, -0.2) is 16.8 Å². The largest absolute Gasteiger partial charge is 0.312 e. The van der Waals surface area contributed by atoms with Crippen molar-refractivity contribution in [1.29, 1.82) is 0 Å². The summed E-state index contributed by atoms with van der Waals surface area (Å²) in [6, 6.07) is 0.984. The van der Waals surface area contributed by atoms with E-state index in [-0.39, 0.29) is 0 Å². The van der Waals surface area contributed by atoms with Gasteiger partial charge in [-0.15, -0.1) is 0 Å². The zero-order chi connectivity index (χ0) is 9.42. The van der Waals surface area contributed by atoms with Crippen LogP contribution in [0.3, 0.4) is 0 Å². The lowest BCUT2D eigenvalue weighted by Gasteiger charge is -2.15. The molecule has 72 valence electrons. The van der Waals surface area contributed by atoms with E-state index in [2.05, 4.69) is 28.9 Å². The quantitative estimate of drug-likeness (QED) is 0.748. The third-order valence-electron chi connectivity index (χ3n) is 2.78. The van der Waals surface area contributed by atoms with Crippen molar-refractivity contribution in [2.75, 3.05) is 7.05 Å². The van der Waals surface area contributed by atoms with E-state index < -0.39 is 0 Å². The van der Waals surface area contributed by atoms with Crippen molar-refractivity contribution in [2.45, 2.75) is 38.8 Å². The molecule has 0 radical (unpaired) electrons. The molecule has 3 heteroatoms. The highest BCUT2D eigenvalue weighted by molar-refractivity contribution is 5.27. The van der Waals surface area contributed by atoms with Crippen LogP contribution in [0.25, 0.3) is 0 Å². The van der Waals surface area contributed by atoms with Gasteiger partial charge in [0, 0.05) is 12.1 Å². The lowest BCUT2D eigenvalue weighted by molar-refractivity contribution is 0.464. The summed E-state index contributed by atoms with van der Waals surface area (Å²) in [7, 11) is 2.03. The summed E-state index contributed by atoms with van der Waals surface area (Å²) in [5, 5.41) is 7.75. The van der Waals surface area contributed by atoms with Crippen molar-refractivity contribution in [3.8, 4) is 0 Å². The molecule has 0 saturated carbocycles. The maximum Gasteiger partial charge on any atom is 0.0588 e. The van der Waals surface area contributed by atoms with E-state index in [4.69, 9.17) is 0 Å². The molecule has 1 aliphatic carbocycles. The van der Waals surface area contributed by atoms with Crippen LogP contribution < -0.4 is 5.32 Å². The first-order chi connectivity index (χ1) is 6.24. The third-order valence-corrected chi connectivity index (χ3v) is 2.78. The van der Waals surface area contributed by atoms with E-state index in [9.17, 15) is 0 Å². The van der Waals surface area contributed by atoms with Crippen LogP contribution in [-0.2, 0) is 6.42 Å². The molecule has 0 bridgehead atoms. The normalized spacial score (nSPS) is 21.1. The van der Waals surface area contributed by atoms with Crippen LogP contribution in [0.4, 0.5) is 0 Å². The third kappa shape index (κ3) is 1.27. The Kier molecular flexibility index (Phi) is 2.12. The molecule has 0 aliphatic heterocycles. The molecule has 0 aromatic carbocycles. The van der Waals surface area contributed by atoms with Crippen molar-refractivity contribution in [3.05, 3.63) is 17.5 Å². The Morgan fingerprint density at radius 2 is 2.38 bits per heavy atom. The number of nitrogens with zero attached hydrogens (tertiary/aromatic N) is 2. The zero-order valence-electron chi connectivity index (χ0n) is 8.54. The molecule has 1 N–H and O–H groups in total. The smallest absolute Gasteiger partial charge is 0.0588 e. The molecule has 0 spiro atoms. The van der Waals surface area contributed by atoms with Gasteiger partial charge < -0.3 is 5.32 Å². The molecule has 2 rings (SSSR count). The minimum Gasteiger partial charge on any atom is -0.312 e. The zero-order valence-corrected chi connectivity index (χ0v) is 8.54. The summed E-state index contributed by atoms with van der Waals surface area (Å²) in [4.78, 5) is 0. The lowest BCUT2D eigenvalue weighted by Crippen LogP contribution is -2.18. The Morgan fingerprint density at radius 3 is 3.00 bits per heavy atom. The number of aromatic nitrogens is 2. The van der Waals surface area contributed by atoms with Crippen LogP contribution in [0.1, 0.15) is 43.6 Å². The minimum absolute atomic E-state index is 0.470. The summed E-state index contributed by atoms with van der Waals surface area (Å²) in [5.74, 6) is 0. The van der Waals surface area contributed by atoms with Gasteiger partial charge in [0.2, 0.25) is 0 Å². The van der Waals surface area contributed by atoms with Crippen molar-refractivity contribution < 1.29 is 0 Å². The number of hydrogen-bond donors (Lipinski definition) is 1. The Hall–Kier alpha value is -0.830. The molecular formula is C10H17N3. The highest BCUT2D eigenvalue weighted by atomic mass is 15.3. The second kappa shape index (κ2) is 3.14. The summed E-state index contributed by atoms with van der Waals surface area (Å²) in [6.45, 7) is 4.36. The first-order valence-electron chi connectivity index (χ1n) is 4.97. The Labute approximate surface area is 79.1 Å². The first kappa shape index (κ1) is 8.75. The van der Waals surface area contributed by atoms with Gasteiger partial charge >= 0.3 is 0 Å². The summed E-state index contributed by atoms with van der Waals surface area (Å²) >= 11 is 0. The number of nitrogens with one attached hydrogen (secondary N) is 1. The van der Waals surface area contributed by atoms with Gasteiger partial charge in [-0.05, 0) is 39.3 Å². The monoisotopic (exact) mass is 179 g/mol. The van der Waals surface area contributed by atoms with E-state index in [0.717, 1.165) is 0 Å². The fourth-order valence-corrected chi connectivity index (χ4v) is 2.11. The fourth-order valence-electron chi connectivity index (χ4n) is 2.11. The highest BCUT2D eigenvalue weighted by Crippen LogP contribution is 2.31. The van der Waals surface area contributed by atoms with Gasteiger partial charge in [0.05, 0.1) is 11.9 Å². The van der Waals surface area contributed by atoms with Gasteiger partial charge in [-0.3, -0.25) is 4.68 Å². The number of fused-ring (bicyclic) bond motifs is 1. The van der Waals surface area contributed by atoms with Crippen LogP contribution in [0.15, 0.2) is 6.20 Å². The van der Waals surface area contributed by atoms with Gasteiger partial charge in [-0.25, -0.2) is 0 Å². The maximum atomic E-state index is 4.41. The second-order valence-corrected chi connectivity index (χ2v) is 3.97. The van der Waals surface area contributed by atoms with Crippen molar-refractivity contribution in [1.82, 2.24) is 15.1 Å². The molecule has 1 aromatic heterocycles. The topological polar surface area (TPSA) is 29.9 Å². The van der Waals surface area contributed by atoms with Crippen molar-refractivity contribution in [3.63, 3.8) is 0 Å². The Balaban J connectivity index is 2.40. The van der Waals surface area contributed by atoms with Gasteiger partial charge in [0.15, 0.2) is 0 Å². The number of rotatable bonds is 2. The molecule has 0 amide bonds. The standard InChI is InChI=1S/C10H17N3/c1-7(2)13-10-8(6-12-13)4-5-9(10)11-3/h6-7,9,11H,4-5H2,1-3H3. The molecular weight excluding hydrogens is 162 g/mol. The van der Waals surface area contributed by atoms with E-state index in [0.29, 0.717) is 12.1 Å². The molecule has 0 saturated heterocycles. The molecule has 3 nitrogen and oxygen atoms in total. The molecule has 1 unspecified atom stereocenters. The second-order valence-electron chi connectivity index (χ2n) is 3.97. The SMILES string of the molecule is CNC1CCc2cnn(C(C)C)c21. The van der Waals surface area contributed by atoms with Gasteiger partial charge in [-0.1, -0.05) is 0 Å². The van der Waals surface area contributed by atoms with Crippen LogP contribution in [0.5, 0.6) is 0 Å². The molecule has 1 aromatic rings. The van der Waals surface area contributed by atoms with E-state index in [1.54, 1.807) is 0 Å². The Bertz CT molecular complexity index is 301. The summed E-state index contributed by atoms with van der Waals surface area (Å²) in [5.41, 5.74) is 2.82. The molecule has 1 heterocycles. The predicted molar refractivity (Wildman–Crippen MR) is 52.7 cm³/mol. The summed E-state index contributed by atoms with van der Waals surface area (Å²) < 4.78 is 2.14. The molecule has 1 atom stereocenters. The van der Waals surface area contributed by atoms with E-state index in [1.807, 2.05) is 13.2 Å². The average Bonchev–Trinajstić information content (AvgIpc) is 2.61. The minimum atomic E-state index is 0.470. The van der Waals surface area contributed by atoms with Crippen LogP contribution in [0.2, 0.25) is 0 Å². The molecule has 1 aliphatic rings. The average molecular weight is 179 g/mol. The maximum absolute atomic E-state index is 4.41. The van der Waals surface area contributed by atoms with Gasteiger partial charge in [-0.2, -0.15) is 5.10 Å². The van der Waals surface area contributed by atoms with Crippen molar-refractivity contribution in [2.24, 2.45) is 0 Å². The molecule has 13 heavy (non-hydrogen) atoms. The van der Waals surface area contributed by atoms with Gasteiger partial charge in [0.25, 0.3) is 0 Å². The van der Waals surface area contributed by atoms with Crippen LogP contribution in [0, 0.1) is 0 Å². The number of aryl methyl sites for hydroxylation is 1. The van der Waals surface area contributed by atoms with Gasteiger partial charge in [0.1, 0.15) is 0 Å². The first-order valence-corrected chi connectivity index (χ1v) is 4.97. The molecule has 0 fully saturated rings.